The van der Waals surface area contributed by atoms with Gasteiger partial charge in [0.1, 0.15) is 0 Å². The topological polar surface area (TPSA) is 55.8 Å². The number of nitrogens with one attached hydrogen (secondary N) is 1. The summed E-state index contributed by atoms with van der Waals surface area (Å²) in [5.74, 6) is 1.26. The zero-order valence-corrected chi connectivity index (χ0v) is 18.7. The first kappa shape index (κ1) is 23.5. The van der Waals surface area contributed by atoms with Gasteiger partial charge < -0.3 is 24.4 Å². The lowest BCUT2D eigenvalue weighted by molar-refractivity contribution is 0.0976. The fraction of sp³-hybridized carbons (Fsp3) is 0.609. The van der Waals surface area contributed by atoms with E-state index in [0.29, 0.717) is 44.3 Å². The van der Waals surface area contributed by atoms with Gasteiger partial charge in [0.2, 0.25) is 0 Å². The van der Waals surface area contributed by atoms with Gasteiger partial charge in [-0.1, -0.05) is 0 Å². The zero-order valence-electron chi connectivity index (χ0n) is 18.7. The number of nitrogens with zero attached hydrogens (tertiary/aromatic N) is 2. The van der Waals surface area contributed by atoms with Crippen LogP contribution in [-0.4, -0.2) is 69.9 Å². The number of aromatic nitrogens is 1. The summed E-state index contributed by atoms with van der Waals surface area (Å²) in [6, 6.07) is 3.89. The minimum absolute atomic E-state index is 0.229. The number of alkyl halides is 2. The van der Waals surface area contributed by atoms with Crippen LogP contribution in [0, 0.1) is 0 Å². The largest absolute Gasteiger partial charge is 0.493 e. The van der Waals surface area contributed by atoms with E-state index in [4.69, 9.17) is 19.2 Å². The van der Waals surface area contributed by atoms with Crippen LogP contribution >= 0.6 is 0 Å². The summed E-state index contributed by atoms with van der Waals surface area (Å²) in [6.07, 6.45) is 1.42. The summed E-state index contributed by atoms with van der Waals surface area (Å²) >= 11 is 0. The van der Waals surface area contributed by atoms with Crippen LogP contribution < -0.4 is 14.8 Å². The number of aryl methyl sites for hydroxylation is 1. The van der Waals surface area contributed by atoms with E-state index in [1.165, 1.54) is 5.56 Å². The van der Waals surface area contributed by atoms with Crippen molar-refractivity contribution in [2.45, 2.75) is 39.0 Å². The molecular weight excluding hydrogens is 404 g/mol. The number of anilines is 1. The Labute approximate surface area is 182 Å². The molecule has 8 heteroatoms. The second-order valence-electron chi connectivity index (χ2n) is 7.76. The lowest BCUT2D eigenvalue weighted by Crippen LogP contribution is -2.26. The molecule has 1 aromatic carbocycles. The van der Waals surface area contributed by atoms with Crippen LogP contribution in [0.5, 0.6) is 11.5 Å². The molecule has 0 amide bonds. The van der Waals surface area contributed by atoms with E-state index >= 15 is 0 Å². The van der Waals surface area contributed by atoms with Gasteiger partial charge in [-0.05, 0) is 51.3 Å². The molecule has 0 radical (unpaired) electrons. The first-order valence-corrected chi connectivity index (χ1v) is 11.0. The van der Waals surface area contributed by atoms with Crippen LogP contribution in [0.4, 0.5) is 14.5 Å². The molecule has 0 atom stereocenters. The van der Waals surface area contributed by atoms with E-state index < -0.39 is 6.43 Å². The monoisotopic (exact) mass is 437 g/mol. The fourth-order valence-corrected chi connectivity index (χ4v) is 3.98. The molecule has 0 bridgehead atoms. The maximum absolute atomic E-state index is 12.4. The first-order chi connectivity index (χ1) is 15.0. The third kappa shape index (κ3) is 6.17. The average molecular weight is 438 g/mol. The quantitative estimate of drug-likeness (QED) is 0.475. The molecule has 1 heterocycles. The van der Waals surface area contributed by atoms with E-state index in [1.807, 2.05) is 19.1 Å². The molecule has 1 aliphatic rings. The van der Waals surface area contributed by atoms with Crippen molar-refractivity contribution in [1.82, 2.24) is 9.88 Å². The number of methoxy groups -OCH3 is 1. The highest BCUT2D eigenvalue weighted by Crippen LogP contribution is 2.39. The molecule has 1 aliphatic carbocycles. The van der Waals surface area contributed by atoms with Gasteiger partial charge in [-0.15, -0.1) is 0 Å². The number of hydrogen-bond acceptors (Lipinski definition) is 6. The highest BCUT2D eigenvalue weighted by atomic mass is 19.3. The zero-order chi connectivity index (χ0) is 22.2. The lowest BCUT2D eigenvalue weighted by atomic mass is 10.1. The van der Waals surface area contributed by atoms with Crippen LogP contribution in [-0.2, 0) is 17.6 Å². The molecule has 0 spiro atoms. The van der Waals surface area contributed by atoms with Gasteiger partial charge in [0, 0.05) is 42.5 Å². The predicted octanol–water partition coefficient (Wildman–Crippen LogP) is 4.15. The number of halogens is 2. The lowest BCUT2D eigenvalue weighted by Gasteiger charge is -2.18. The number of fused-ring (bicyclic) bond motifs is 2. The molecule has 6 nitrogen and oxygen atoms in total. The highest BCUT2D eigenvalue weighted by molar-refractivity contribution is 5.96. The van der Waals surface area contributed by atoms with Crippen molar-refractivity contribution in [3.63, 3.8) is 0 Å². The molecule has 0 aliphatic heterocycles. The Kier molecular flexibility index (Phi) is 8.66. The summed E-state index contributed by atoms with van der Waals surface area (Å²) in [7, 11) is 3.31. The van der Waals surface area contributed by atoms with Gasteiger partial charge in [0.25, 0.3) is 6.43 Å². The Hall–Kier alpha value is -2.19. The SMILES string of the molecule is CCOCCNc1c2c(nc3cc(OCCCN(C)CC(F)F)c(OC)cc13)CCC2. The Bertz CT molecular complexity index is 864. The van der Waals surface area contributed by atoms with Gasteiger partial charge in [0.05, 0.1) is 32.4 Å². The van der Waals surface area contributed by atoms with E-state index in [2.05, 4.69) is 5.32 Å². The molecule has 0 saturated carbocycles. The van der Waals surface area contributed by atoms with E-state index in [9.17, 15) is 8.78 Å². The Morgan fingerprint density at radius 1 is 1.19 bits per heavy atom. The van der Waals surface area contributed by atoms with Gasteiger partial charge in [-0.2, -0.15) is 0 Å². The molecule has 3 rings (SSSR count). The minimum atomic E-state index is -2.32. The first-order valence-electron chi connectivity index (χ1n) is 11.0. The molecule has 0 unspecified atom stereocenters. The molecule has 1 aromatic heterocycles. The number of ether oxygens (including phenoxy) is 3. The number of benzene rings is 1. The van der Waals surface area contributed by atoms with Crippen molar-refractivity contribution in [3.8, 4) is 11.5 Å². The molecule has 172 valence electrons. The van der Waals surface area contributed by atoms with E-state index in [-0.39, 0.29) is 6.54 Å². The third-order valence-electron chi connectivity index (χ3n) is 5.44. The minimum Gasteiger partial charge on any atom is -0.493 e. The molecule has 0 fully saturated rings. The number of pyridine rings is 1. The van der Waals surface area contributed by atoms with Gasteiger partial charge in [-0.3, -0.25) is 4.98 Å². The Morgan fingerprint density at radius 3 is 2.77 bits per heavy atom. The van der Waals surface area contributed by atoms with Crippen molar-refractivity contribution in [3.05, 3.63) is 23.4 Å². The predicted molar refractivity (Wildman–Crippen MR) is 119 cm³/mol. The average Bonchev–Trinajstić information content (AvgIpc) is 3.20. The maximum atomic E-state index is 12.4. The van der Waals surface area contributed by atoms with Crippen molar-refractivity contribution in [2.24, 2.45) is 0 Å². The summed E-state index contributed by atoms with van der Waals surface area (Å²) in [4.78, 5) is 6.50. The summed E-state index contributed by atoms with van der Waals surface area (Å²) < 4.78 is 41.9. The van der Waals surface area contributed by atoms with Crippen LogP contribution in [0.25, 0.3) is 10.9 Å². The molecule has 2 aromatic rings. The van der Waals surface area contributed by atoms with Crippen molar-refractivity contribution >= 4 is 16.6 Å². The van der Waals surface area contributed by atoms with Crippen LogP contribution in [0.2, 0.25) is 0 Å². The number of hydrogen-bond donors (Lipinski definition) is 1. The van der Waals surface area contributed by atoms with Crippen LogP contribution in [0.15, 0.2) is 12.1 Å². The van der Waals surface area contributed by atoms with Gasteiger partial charge >= 0.3 is 0 Å². The molecular formula is C23H33F2N3O3. The summed E-state index contributed by atoms with van der Waals surface area (Å²) in [5.41, 5.74) is 4.39. The second-order valence-corrected chi connectivity index (χ2v) is 7.76. The summed E-state index contributed by atoms with van der Waals surface area (Å²) in [6.45, 7) is 4.79. The molecule has 31 heavy (non-hydrogen) atoms. The van der Waals surface area contributed by atoms with Gasteiger partial charge in [0.15, 0.2) is 11.5 Å². The normalized spacial score (nSPS) is 13.3. The third-order valence-corrected chi connectivity index (χ3v) is 5.44. The van der Waals surface area contributed by atoms with Crippen molar-refractivity contribution < 1.29 is 23.0 Å². The van der Waals surface area contributed by atoms with Crippen molar-refractivity contribution in [1.29, 1.82) is 0 Å². The Balaban J connectivity index is 1.77. The molecule has 0 saturated heterocycles. The summed E-state index contributed by atoms with van der Waals surface area (Å²) in [5, 5.41) is 4.56. The van der Waals surface area contributed by atoms with Crippen LogP contribution in [0.3, 0.4) is 0 Å². The van der Waals surface area contributed by atoms with E-state index in [0.717, 1.165) is 48.1 Å². The van der Waals surface area contributed by atoms with E-state index in [1.54, 1.807) is 19.1 Å². The standard InChI is InChI=1S/C23H33F2N3O3/c1-4-30-12-9-26-23-16-7-5-8-18(16)27-19-14-21(20(29-3)13-17(19)23)31-11-6-10-28(2)15-22(24)25/h13-14,22H,4-12,15H2,1-3H3,(H,26,27). The smallest absolute Gasteiger partial charge is 0.251 e. The Morgan fingerprint density at radius 2 is 2.03 bits per heavy atom. The fourth-order valence-electron chi connectivity index (χ4n) is 3.98. The maximum Gasteiger partial charge on any atom is 0.251 e. The number of rotatable bonds is 13. The van der Waals surface area contributed by atoms with Gasteiger partial charge in [-0.25, -0.2) is 8.78 Å². The highest BCUT2D eigenvalue weighted by Gasteiger charge is 2.21. The molecule has 1 N–H and O–H groups in total. The van der Waals surface area contributed by atoms with Crippen LogP contribution in [0.1, 0.15) is 31.0 Å². The second kappa shape index (κ2) is 11.4. The van der Waals surface area contributed by atoms with Crippen molar-refractivity contribution in [2.75, 3.05) is 58.9 Å².